The SMILES string of the molecule is CC(C)C(NS(=O)(=O)c1ccccc1)C(=O)NC1CNNC(=O)C1=O. The van der Waals surface area contributed by atoms with E-state index in [0.717, 1.165) is 0 Å². The van der Waals surface area contributed by atoms with E-state index in [9.17, 15) is 22.8 Å². The second-order valence-electron chi connectivity index (χ2n) is 5.92. The Hall–Kier alpha value is -2.30. The predicted octanol–water partition coefficient (Wildman–Crippen LogP) is -1.32. The van der Waals surface area contributed by atoms with Gasteiger partial charge in [0.05, 0.1) is 4.90 Å². The monoisotopic (exact) mass is 368 g/mol. The van der Waals surface area contributed by atoms with Crippen LogP contribution in [0, 0.1) is 5.92 Å². The number of carbonyl (C=O) groups excluding carboxylic acids is 3. The van der Waals surface area contributed by atoms with E-state index in [1.165, 1.54) is 12.1 Å². The molecule has 1 fully saturated rings. The second kappa shape index (κ2) is 7.72. The minimum Gasteiger partial charge on any atom is -0.343 e. The maximum Gasteiger partial charge on any atom is 0.303 e. The zero-order chi connectivity index (χ0) is 18.6. The molecule has 0 aliphatic carbocycles. The normalized spacial score (nSPS) is 19.4. The summed E-state index contributed by atoms with van der Waals surface area (Å²) >= 11 is 0. The third-order valence-corrected chi connectivity index (χ3v) is 5.11. The van der Waals surface area contributed by atoms with Crippen LogP contribution in [0.1, 0.15) is 13.8 Å². The molecule has 4 N–H and O–H groups in total. The molecule has 9 nitrogen and oxygen atoms in total. The first-order valence-corrected chi connectivity index (χ1v) is 9.15. The number of carbonyl (C=O) groups is 3. The Kier molecular flexibility index (Phi) is 5.88. The van der Waals surface area contributed by atoms with E-state index in [2.05, 4.69) is 20.9 Å². The summed E-state index contributed by atoms with van der Waals surface area (Å²) < 4.78 is 27.2. The summed E-state index contributed by atoms with van der Waals surface area (Å²) in [4.78, 5) is 35.6. The Morgan fingerprint density at radius 1 is 1.20 bits per heavy atom. The fourth-order valence-corrected chi connectivity index (χ4v) is 3.62. The summed E-state index contributed by atoms with van der Waals surface area (Å²) in [6, 6.07) is 5.51. The number of ketones is 1. The number of sulfonamides is 1. The number of benzene rings is 1. The second-order valence-corrected chi connectivity index (χ2v) is 7.63. The molecular formula is C15H20N4O5S. The van der Waals surface area contributed by atoms with Gasteiger partial charge in [0.1, 0.15) is 12.1 Å². The summed E-state index contributed by atoms with van der Waals surface area (Å²) in [5, 5.41) is 2.42. The van der Waals surface area contributed by atoms with Crippen molar-refractivity contribution in [2.75, 3.05) is 6.54 Å². The maximum atomic E-state index is 12.5. The Balaban J connectivity index is 2.13. The third kappa shape index (κ3) is 4.62. The topological polar surface area (TPSA) is 133 Å². The minimum atomic E-state index is -3.91. The molecule has 0 bridgehead atoms. The fraction of sp³-hybridized carbons (Fsp3) is 0.400. The van der Waals surface area contributed by atoms with Crippen molar-refractivity contribution in [1.82, 2.24) is 20.9 Å². The zero-order valence-electron chi connectivity index (χ0n) is 13.8. The molecule has 10 heteroatoms. The Morgan fingerprint density at radius 2 is 1.84 bits per heavy atom. The summed E-state index contributed by atoms with van der Waals surface area (Å²) in [6.07, 6.45) is 0. The lowest BCUT2D eigenvalue weighted by Crippen LogP contribution is -2.63. The summed E-state index contributed by atoms with van der Waals surface area (Å²) in [7, 11) is -3.91. The van der Waals surface area contributed by atoms with Crippen molar-refractivity contribution in [1.29, 1.82) is 0 Å². The maximum absolute atomic E-state index is 12.5. The molecule has 136 valence electrons. The van der Waals surface area contributed by atoms with Gasteiger partial charge in [-0.15, -0.1) is 0 Å². The molecule has 1 aliphatic heterocycles. The quantitative estimate of drug-likeness (QED) is 0.460. The molecule has 1 heterocycles. The van der Waals surface area contributed by atoms with Gasteiger partial charge in [0.25, 0.3) is 0 Å². The van der Waals surface area contributed by atoms with Gasteiger partial charge in [-0.05, 0) is 18.1 Å². The molecule has 25 heavy (non-hydrogen) atoms. The molecule has 1 aliphatic rings. The van der Waals surface area contributed by atoms with E-state index in [-0.39, 0.29) is 17.4 Å². The highest BCUT2D eigenvalue weighted by Gasteiger charge is 2.34. The van der Waals surface area contributed by atoms with Crippen LogP contribution < -0.4 is 20.9 Å². The number of hydrogen-bond donors (Lipinski definition) is 4. The summed E-state index contributed by atoms with van der Waals surface area (Å²) in [5.74, 6) is -2.70. The predicted molar refractivity (Wildman–Crippen MR) is 88.5 cm³/mol. The third-order valence-electron chi connectivity index (χ3n) is 3.65. The molecule has 0 saturated carbocycles. The van der Waals surface area contributed by atoms with Gasteiger partial charge in [0.15, 0.2) is 0 Å². The van der Waals surface area contributed by atoms with E-state index in [1.807, 2.05) is 0 Å². The van der Waals surface area contributed by atoms with E-state index < -0.39 is 39.7 Å². The van der Waals surface area contributed by atoms with Crippen molar-refractivity contribution < 1.29 is 22.8 Å². The number of nitrogens with one attached hydrogen (secondary N) is 4. The highest BCUT2D eigenvalue weighted by Crippen LogP contribution is 2.12. The summed E-state index contributed by atoms with van der Waals surface area (Å²) in [6.45, 7) is 3.36. The molecule has 2 atom stereocenters. The van der Waals surface area contributed by atoms with Gasteiger partial charge < -0.3 is 5.32 Å². The fourth-order valence-electron chi connectivity index (χ4n) is 2.25. The lowest BCUT2D eigenvalue weighted by molar-refractivity contribution is -0.142. The molecule has 0 radical (unpaired) electrons. The Labute approximate surface area is 145 Å². The van der Waals surface area contributed by atoms with Crippen molar-refractivity contribution in [2.24, 2.45) is 5.92 Å². The van der Waals surface area contributed by atoms with Crippen LogP contribution >= 0.6 is 0 Å². The van der Waals surface area contributed by atoms with Crippen LogP contribution in [0.4, 0.5) is 0 Å². The van der Waals surface area contributed by atoms with Gasteiger partial charge >= 0.3 is 5.91 Å². The number of hydrazine groups is 1. The van der Waals surface area contributed by atoms with Crippen LogP contribution in [0.5, 0.6) is 0 Å². The van der Waals surface area contributed by atoms with Crippen molar-refractivity contribution in [3.05, 3.63) is 30.3 Å². The smallest absolute Gasteiger partial charge is 0.303 e. The molecule has 2 unspecified atom stereocenters. The Bertz CT molecular complexity index is 763. The van der Waals surface area contributed by atoms with E-state index >= 15 is 0 Å². The van der Waals surface area contributed by atoms with Gasteiger partial charge in [-0.1, -0.05) is 32.0 Å². The average Bonchev–Trinajstić information content (AvgIpc) is 2.57. The molecule has 1 aromatic rings. The minimum absolute atomic E-state index is 0.0204. The van der Waals surface area contributed by atoms with Gasteiger partial charge in [0, 0.05) is 6.54 Å². The molecule has 1 saturated heterocycles. The van der Waals surface area contributed by atoms with Gasteiger partial charge in [-0.2, -0.15) is 4.72 Å². The van der Waals surface area contributed by atoms with E-state index in [0.29, 0.717) is 0 Å². The lowest BCUT2D eigenvalue weighted by atomic mass is 10.0. The molecule has 0 spiro atoms. The van der Waals surface area contributed by atoms with E-state index in [4.69, 9.17) is 0 Å². The first-order valence-electron chi connectivity index (χ1n) is 7.67. The van der Waals surface area contributed by atoms with Crippen molar-refractivity contribution in [2.45, 2.75) is 30.8 Å². The van der Waals surface area contributed by atoms with Crippen LogP contribution in [0.15, 0.2) is 35.2 Å². The highest BCUT2D eigenvalue weighted by molar-refractivity contribution is 7.89. The first kappa shape index (κ1) is 19.0. The average molecular weight is 368 g/mol. The number of amides is 2. The standard InChI is InChI=1S/C15H20N4O5S/c1-9(2)12(19-25(23,24)10-6-4-3-5-7-10)14(21)17-11-8-16-18-15(22)13(11)20/h3-7,9,11-12,16,19H,8H2,1-2H3,(H,17,21)(H,18,22). The van der Waals surface area contributed by atoms with Gasteiger partial charge in [0.2, 0.25) is 21.7 Å². The first-order chi connectivity index (χ1) is 11.7. The van der Waals surface area contributed by atoms with Crippen molar-refractivity contribution in [3.8, 4) is 0 Å². The zero-order valence-corrected chi connectivity index (χ0v) is 14.6. The Morgan fingerprint density at radius 3 is 2.44 bits per heavy atom. The molecule has 2 rings (SSSR count). The lowest BCUT2D eigenvalue weighted by Gasteiger charge is -2.26. The highest BCUT2D eigenvalue weighted by atomic mass is 32.2. The van der Waals surface area contributed by atoms with Crippen LogP contribution in [-0.4, -0.2) is 44.6 Å². The van der Waals surface area contributed by atoms with Crippen molar-refractivity contribution in [3.63, 3.8) is 0 Å². The molecule has 0 aromatic heterocycles. The van der Waals surface area contributed by atoms with Gasteiger partial charge in [-0.3, -0.25) is 19.8 Å². The molecule has 2 amide bonds. The van der Waals surface area contributed by atoms with E-state index in [1.54, 1.807) is 32.0 Å². The summed E-state index contributed by atoms with van der Waals surface area (Å²) in [5.41, 5.74) is 4.63. The van der Waals surface area contributed by atoms with Gasteiger partial charge in [-0.25, -0.2) is 13.8 Å². The molecular weight excluding hydrogens is 348 g/mol. The van der Waals surface area contributed by atoms with Crippen molar-refractivity contribution >= 4 is 27.6 Å². The molecule has 1 aromatic carbocycles. The van der Waals surface area contributed by atoms with Crippen LogP contribution in [0.25, 0.3) is 0 Å². The van der Waals surface area contributed by atoms with Crippen LogP contribution in [-0.2, 0) is 24.4 Å². The van der Waals surface area contributed by atoms with Crippen LogP contribution in [0.3, 0.4) is 0 Å². The number of hydrogen-bond acceptors (Lipinski definition) is 6. The largest absolute Gasteiger partial charge is 0.343 e. The van der Waals surface area contributed by atoms with Crippen LogP contribution in [0.2, 0.25) is 0 Å². The number of rotatable bonds is 6. The number of Topliss-reactive ketones (excluding diaryl/α,β-unsaturated/α-hetero) is 1.